The first kappa shape index (κ1) is 32.5. The summed E-state index contributed by atoms with van der Waals surface area (Å²) in [5.74, 6) is 0.307. The number of carbonyl (C=O) groups excluding carboxylic acids is 2. The second-order valence-corrected chi connectivity index (χ2v) is 12.3. The minimum absolute atomic E-state index is 0.0134. The van der Waals surface area contributed by atoms with Gasteiger partial charge in [0.2, 0.25) is 5.91 Å². The zero-order valence-electron chi connectivity index (χ0n) is 24.6. The molecule has 2 N–H and O–H groups in total. The first-order chi connectivity index (χ1) is 20.4. The third kappa shape index (κ3) is 9.27. The zero-order valence-corrected chi connectivity index (χ0v) is 27.5. The van der Waals surface area contributed by atoms with Crippen LogP contribution < -0.4 is 10.6 Å². The average molecular weight is 701 g/mol. The van der Waals surface area contributed by atoms with E-state index < -0.39 is 0 Å². The molecule has 1 saturated heterocycles. The molecule has 8 heteroatoms. The lowest BCUT2D eigenvalue weighted by atomic mass is 9.95. The molecular formula is C34H42ClIN4O2. The first-order valence-electron chi connectivity index (χ1n) is 14.8. The normalized spacial score (nSPS) is 18.1. The third-order valence-electron chi connectivity index (χ3n) is 8.05. The molecular weight excluding hydrogens is 659 g/mol. The number of alkyl halides is 1. The predicted octanol–water partition coefficient (Wildman–Crippen LogP) is 6.28. The Hall–Kier alpha value is -2.46. The van der Waals surface area contributed by atoms with Crippen LogP contribution in [-0.2, 0) is 15.8 Å². The number of amides is 2. The molecule has 42 heavy (non-hydrogen) atoms. The van der Waals surface area contributed by atoms with Gasteiger partial charge >= 0.3 is 0 Å². The van der Waals surface area contributed by atoms with Crippen molar-refractivity contribution in [1.82, 2.24) is 20.4 Å². The van der Waals surface area contributed by atoms with Crippen molar-refractivity contribution in [3.8, 4) is 0 Å². The van der Waals surface area contributed by atoms with Gasteiger partial charge in [-0.15, -0.1) is 0 Å². The van der Waals surface area contributed by atoms with E-state index in [2.05, 4.69) is 101 Å². The van der Waals surface area contributed by atoms with Crippen molar-refractivity contribution in [3.05, 3.63) is 106 Å². The first-order valence-corrected chi connectivity index (χ1v) is 16.7. The van der Waals surface area contributed by atoms with Crippen LogP contribution in [0.2, 0.25) is 5.02 Å². The predicted molar refractivity (Wildman–Crippen MR) is 180 cm³/mol. The number of hydrogen-bond donors (Lipinski definition) is 2. The van der Waals surface area contributed by atoms with Gasteiger partial charge in [0.15, 0.2) is 0 Å². The number of rotatable bonds is 13. The number of halogens is 2. The Morgan fingerprint density at radius 1 is 1.12 bits per heavy atom. The lowest BCUT2D eigenvalue weighted by Crippen LogP contribution is -2.50. The van der Waals surface area contributed by atoms with Crippen LogP contribution in [0, 0.1) is 0 Å². The minimum atomic E-state index is -0.318. The molecule has 3 aromatic carbocycles. The molecule has 6 nitrogen and oxygen atoms in total. The van der Waals surface area contributed by atoms with Gasteiger partial charge in [-0.25, -0.2) is 0 Å². The second-order valence-electron chi connectivity index (χ2n) is 11.2. The van der Waals surface area contributed by atoms with Gasteiger partial charge in [0, 0.05) is 59.7 Å². The summed E-state index contributed by atoms with van der Waals surface area (Å²) in [6.45, 7) is 5.61. The molecule has 224 valence electrons. The molecule has 4 rings (SSSR count). The van der Waals surface area contributed by atoms with Crippen molar-refractivity contribution in [1.29, 1.82) is 0 Å². The van der Waals surface area contributed by atoms with E-state index in [9.17, 15) is 9.59 Å². The smallest absolute Gasteiger partial charge is 0.251 e. The summed E-state index contributed by atoms with van der Waals surface area (Å²) in [7, 11) is 2.10. The summed E-state index contributed by atoms with van der Waals surface area (Å²) < 4.78 is 0.738. The fraction of sp³-hybridized carbons (Fsp3) is 0.412. The van der Waals surface area contributed by atoms with Crippen molar-refractivity contribution >= 4 is 46.0 Å². The van der Waals surface area contributed by atoms with Crippen LogP contribution in [0.5, 0.6) is 0 Å². The Kier molecular flexibility index (Phi) is 12.7. The van der Waals surface area contributed by atoms with Crippen molar-refractivity contribution < 1.29 is 9.59 Å². The molecule has 1 aliphatic rings. The van der Waals surface area contributed by atoms with Crippen LogP contribution in [0.1, 0.15) is 59.2 Å². The molecule has 0 spiro atoms. The van der Waals surface area contributed by atoms with Crippen LogP contribution in [0.3, 0.4) is 0 Å². The molecule has 3 atom stereocenters. The summed E-state index contributed by atoms with van der Waals surface area (Å²) in [6, 6.07) is 25.9. The van der Waals surface area contributed by atoms with Crippen molar-refractivity contribution in [2.45, 2.75) is 55.2 Å². The van der Waals surface area contributed by atoms with E-state index in [0.717, 1.165) is 35.9 Å². The molecule has 1 fully saturated rings. The third-order valence-corrected chi connectivity index (χ3v) is 9.24. The summed E-state index contributed by atoms with van der Waals surface area (Å²) in [5, 5.41) is 7.41. The molecule has 1 heterocycles. The Bertz CT molecular complexity index is 1290. The lowest BCUT2D eigenvalue weighted by molar-refractivity contribution is -0.133. The largest absolute Gasteiger partial charge is 0.350 e. The van der Waals surface area contributed by atoms with Gasteiger partial charge in [-0.2, -0.15) is 0 Å². The molecule has 0 unspecified atom stereocenters. The summed E-state index contributed by atoms with van der Waals surface area (Å²) in [4.78, 5) is 31.3. The number of nitrogens with one attached hydrogen (secondary N) is 2. The molecule has 0 bridgehead atoms. The Labute approximate surface area is 269 Å². The maximum Gasteiger partial charge on any atom is 0.251 e. The Morgan fingerprint density at radius 2 is 1.83 bits per heavy atom. The van der Waals surface area contributed by atoms with E-state index in [-0.39, 0.29) is 29.8 Å². The molecule has 2 amide bonds. The Balaban J connectivity index is 1.44. The minimum Gasteiger partial charge on any atom is -0.350 e. The number of hydrogen-bond acceptors (Lipinski definition) is 4. The highest BCUT2D eigenvalue weighted by atomic mass is 127. The monoisotopic (exact) mass is 700 g/mol. The van der Waals surface area contributed by atoms with Crippen molar-refractivity contribution in [2.24, 2.45) is 0 Å². The van der Waals surface area contributed by atoms with E-state index in [4.69, 9.17) is 11.6 Å². The van der Waals surface area contributed by atoms with Gasteiger partial charge in [0.05, 0.1) is 6.04 Å². The van der Waals surface area contributed by atoms with E-state index in [0.29, 0.717) is 36.6 Å². The van der Waals surface area contributed by atoms with Crippen LogP contribution in [-0.4, -0.2) is 66.9 Å². The van der Waals surface area contributed by atoms with Gasteiger partial charge in [-0.1, -0.05) is 102 Å². The van der Waals surface area contributed by atoms with Gasteiger partial charge in [0.1, 0.15) is 0 Å². The molecule has 0 aliphatic carbocycles. The van der Waals surface area contributed by atoms with Crippen LogP contribution in [0.4, 0.5) is 0 Å². The van der Waals surface area contributed by atoms with Gasteiger partial charge in [0.25, 0.3) is 5.91 Å². The quantitative estimate of drug-likeness (QED) is 0.163. The van der Waals surface area contributed by atoms with E-state index >= 15 is 0 Å². The fourth-order valence-corrected chi connectivity index (χ4v) is 6.59. The SMILES string of the molecule is CC[C@H](CN1CC[C@@H](CNC(=O)c2ccc(Cl)c(CI)c2)N[C@@H](CCN(C)Cc2ccccc2)C1=O)c1ccccc1. The van der Waals surface area contributed by atoms with Gasteiger partial charge in [-0.3, -0.25) is 9.59 Å². The topological polar surface area (TPSA) is 64.7 Å². The van der Waals surface area contributed by atoms with Crippen LogP contribution in [0.25, 0.3) is 0 Å². The highest BCUT2D eigenvalue weighted by molar-refractivity contribution is 14.1. The van der Waals surface area contributed by atoms with Crippen molar-refractivity contribution in [3.63, 3.8) is 0 Å². The van der Waals surface area contributed by atoms with Gasteiger partial charge < -0.3 is 20.4 Å². The molecule has 0 aromatic heterocycles. The molecule has 1 aliphatic heterocycles. The average Bonchev–Trinajstić information content (AvgIpc) is 3.16. The van der Waals surface area contributed by atoms with E-state index in [1.165, 1.54) is 11.1 Å². The Morgan fingerprint density at radius 3 is 2.52 bits per heavy atom. The van der Waals surface area contributed by atoms with Crippen LogP contribution in [0.15, 0.2) is 78.9 Å². The maximum absolute atomic E-state index is 14.0. The van der Waals surface area contributed by atoms with Crippen molar-refractivity contribution in [2.75, 3.05) is 33.2 Å². The number of carbonyl (C=O) groups is 2. The van der Waals surface area contributed by atoms with E-state index in [1.807, 2.05) is 23.1 Å². The zero-order chi connectivity index (χ0) is 29.9. The molecule has 0 saturated carbocycles. The number of nitrogens with zero attached hydrogens (tertiary/aromatic N) is 2. The highest BCUT2D eigenvalue weighted by Crippen LogP contribution is 2.23. The summed E-state index contributed by atoms with van der Waals surface area (Å²) in [5.41, 5.74) is 4.07. The van der Waals surface area contributed by atoms with Crippen LogP contribution >= 0.6 is 34.2 Å². The maximum atomic E-state index is 14.0. The summed E-state index contributed by atoms with van der Waals surface area (Å²) >= 11 is 8.51. The molecule has 3 aromatic rings. The molecule has 0 radical (unpaired) electrons. The van der Waals surface area contributed by atoms with Gasteiger partial charge in [-0.05, 0) is 61.2 Å². The standard InChI is InChI=1S/C34H42ClIN4O2/c1-3-26(27-12-8-5-9-13-27)24-40-19-16-30(22-37-33(41)28-14-15-31(35)29(20-28)21-36)38-32(34(40)42)17-18-39(2)23-25-10-6-4-7-11-25/h4-15,20,26,30,32,38H,3,16-19,21-24H2,1-2H3,(H,37,41)/t26-,30+,32+/m1/s1. The number of benzene rings is 3. The fourth-order valence-electron chi connectivity index (χ4n) is 5.55. The van der Waals surface area contributed by atoms with E-state index in [1.54, 1.807) is 12.1 Å². The second kappa shape index (κ2) is 16.4. The summed E-state index contributed by atoms with van der Waals surface area (Å²) in [6.07, 6.45) is 2.43. The highest BCUT2D eigenvalue weighted by Gasteiger charge is 2.32. The lowest BCUT2D eigenvalue weighted by Gasteiger charge is -2.29.